The van der Waals surface area contributed by atoms with Crippen LogP contribution in [0.15, 0.2) is 55.0 Å². The third-order valence-corrected chi connectivity index (χ3v) is 6.22. The summed E-state index contributed by atoms with van der Waals surface area (Å²) in [7, 11) is 0. The van der Waals surface area contributed by atoms with E-state index in [-0.39, 0.29) is 11.8 Å². The van der Waals surface area contributed by atoms with Gasteiger partial charge >= 0.3 is 0 Å². The molecule has 0 unspecified atom stereocenters. The molecule has 4 rings (SSSR count). The monoisotopic (exact) mass is 438 g/mol. The van der Waals surface area contributed by atoms with E-state index in [4.69, 9.17) is 11.6 Å². The molecule has 2 amide bonds. The molecule has 1 aliphatic heterocycles. The second-order valence-corrected chi connectivity index (χ2v) is 8.54. The van der Waals surface area contributed by atoms with E-state index in [9.17, 15) is 9.59 Å². The number of likely N-dealkylation sites (tertiary alicyclic amines) is 1. The summed E-state index contributed by atoms with van der Waals surface area (Å²) in [6.45, 7) is 2.29. The van der Waals surface area contributed by atoms with E-state index in [1.165, 1.54) is 0 Å². The quantitative estimate of drug-likeness (QED) is 0.554. The van der Waals surface area contributed by atoms with Crippen molar-refractivity contribution in [3.63, 3.8) is 0 Å². The van der Waals surface area contributed by atoms with Crippen molar-refractivity contribution in [3.8, 4) is 0 Å². The van der Waals surface area contributed by atoms with Crippen molar-refractivity contribution in [3.05, 3.63) is 71.1 Å². The Balaban J connectivity index is 1.13. The Kier molecular flexibility index (Phi) is 6.87. The molecule has 0 radical (unpaired) electrons. The predicted octanol–water partition coefficient (Wildman–Crippen LogP) is 4.44. The molecule has 1 fully saturated rings. The van der Waals surface area contributed by atoms with E-state index < -0.39 is 0 Å². The normalized spacial score (nSPS) is 14.7. The lowest BCUT2D eigenvalue weighted by Crippen LogP contribution is -2.38. The van der Waals surface area contributed by atoms with Crippen LogP contribution >= 0.6 is 11.6 Å². The molecule has 31 heavy (non-hydrogen) atoms. The lowest BCUT2D eigenvalue weighted by molar-refractivity contribution is 0.0686. The largest absolute Gasteiger partial charge is 0.352 e. The van der Waals surface area contributed by atoms with Crippen LogP contribution in [0.25, 0.3) is 5.65 Å². The molecule has 0 atom stereocenters. The Labute approximate surface area is 187 Å². The lowest BCUT2D eigenvalue weighted by atomic mass is 9.91. The van der Waals surface area contributed by atoms with E-state index in [1.807, 2.05) is 21.6 Å². The number of halogens is 1. The SMILES string of the molecule is O=C(NCCCCC1CCN(C(=O)c2ccc(Cl)cc2)CC1)c1ccc2nccn2c1. The summed E-state index contributed by atoms with van der Waals surface area (Å²) in [5, 5.41) is 3.65. The van der Waals surface area contributed by atoms with Gasteiger partial charge in [-0.3, -0.25) is 9.59 Å². The summed E-state index contributed by atoms with van der Waals surface area (Å²) >= 11 is 5.91. The molecule has 162 valence electrons. The van der Waals surface area contributed by atoms with Crippen LogP contribution < -0.4 is 5.32 Å². The number of hydrogen-bond donors (Lipinski definition) is 1. The smallest absolute Gasteiger partial charge is 0.253 e. The van der Waals surface area contributed by atoms with Gasteiger partial charge < -0.3 is 14.6 Å². The third-order valence-electron chi connectivity index (χ3n) is 5.97. The van der Waals surface area contributed by atoms with Gasteiger partial charge in [0.1, 0.15) is 5.65 Å². The first kappa shape index (κ1) is 21.4. The molecular formula is C24H27ClN4O2. The van der Waals surface area contributed by atoms with Crippen LogP contribution in [0.2, 0.25) is 5.02 Å². The second-order valence-electron chi connectivity index (χ2n) is 8.10. The van der Waals surface area contributed by atoms with Gasteiger partial charge in [-0.2, -0.15) is 0 Å². The van der Waals surface area contributed by atoms with Gasteiger partial charge in [0.15, 0.2) is 0 Å². The number of pyridine rings is 1. The molecule has 0 bridgehead atoms. The zero-order valence-electron chi connectivity index (χ0n) is 17.5. The van der Waals surface area contributed by atoms with Crippen molar-refractivity contribution in [1.82, 2.24) is 19.6 Å². The van der Waals surface area contributed by atoms with Crippen LogP contribution in [-0.2, 0) is 0 Å². The van der Waals surface area contributed by atoms with Crippen molar-refractivity contribution in [2.24, 2.45) is 5.92 Å². The first-order valence-electron chi connectivity index (χ1n) is 10.9. The Morgan fingerprint density at radius 1 is 1.03 bits per heavy atom. The van der Waals surface area contributed by atoms with E-state index in [0.29, 0.717) is 28.6 Å². The second kappa shape index (κ2) is 9.96. The molecule has 1 aromatic carbocycles. The van der Waals surface area contributed by atoms with Gasteiger partial charge in [0, 0.05) is 48.8 Å². The Bertz CT molecular complexity index is 1040. The zero-order valence-corrected chi connectivity index (χ0v) is 18.2. The van der Waals surface area contributed by atoms with Gasteiger partial charge in [-0.1, -0.05) is 24.4 Å². The number of carbonyl (C=O) groups is 2. The van der Waals surface area contributed by atoms with Crippen molar-refractivity contribution in [1.29, 1.82) is 0 Å². The summed E-state index contributed by atoms with van der Waals surface area (Å²) in [6.07, 6.45) is 10.6. The van der Waals surface area contributed by atoms with Crippen LogP contribution in [-0.4, -0.2) is 45.7 Å². The number of amides is 2. The molecule has 7 heteroatoms. The summed E-state index contributed by atoms with van der Waals surface area (Å²) < 4.78 is 1.85. The van der Waals surface area contributed by atoms with Crippen molar-refractivity contribution in [2.45, 2.75) is 32.1 Å². The average molecular weight is 439 g/mol. The summed E-state index contributed by atoms with van der Waals surface area (Å²) in [5.41, 5.74) is 2.17. The summed E-state index contributed by atoms with van der Waals surface area (Å²) in [6, 6.07) is 10.7. The number of imidazole rings is 1. The molecule has 0 saturated carbocycles. The molecule has 6 nitrogen and oxygen atoms in total. The number of fused-ring (bicyclic) bond motifs is 1. The fourth-order valence-corrected chi connectivity index (χ4v) is 4.24. The standard InChI is InChI=1S/C24H27ClN4O2/c25-21-7-4-19(5-8-21)24(31)28-14-10-18(11-15-28)3-1-2-12-27-23(30)20-6-9-22-26-13-16-29(22)17-20/h4-9,13,16-18H,1-3,10-12,14-15H2,(H,27,30). The number of aromatic nitrogens is 2. The Morgan fingerprint density at radius 3 is 2.55 bits per heavy atom. The highest BCUT2D eigenvalue weighted by atomic mass is 35.5. The maximum Gasteiger partial charge on any atom is 0.253 e. The molecule has 2 aromatic heterocycles. The number of nitrogens with zero attached hydrogens (tertiary/aromatic N) is 3. The number of nitrogens with one attached hydrogen (secondary N) is 1. The molecule has 1 saturated heterocycles. The van der Waals surface area contributed by atoms with E-state index >= 15 is 0 Å². The zero-order chi connectivity index (χ0) is 21.6. The predicted molar refractivity (Wildman–Crippen MR) is 121 cm³/mol. The molecular weight excluding hydrogens is 412 g/mol. The lowest BCUT2D eigenvalue weighted by Gasteiger charge is -2.32. The maximum absolute atomic E-state index is 12.6. The fraction of sp³-hybridized carbons (Fsp3) is 0.375. The number of unbranched alkanes of at least 4 members (excludes halogenated alkanes) is 1. The maximum atomic E-state index is 12.6. The first-order chi connectivity index (χ1) is 15.1. The molecule has 0 spiro atoms. The summed E-state index contributed by atoms with van der Waals surface area (Å²) in [4.78, 5) is 31.0. The van der Waals surface area contributed by atoms with Crippen LogP contribution in [0.3, 0.4) is 0 Å². The van der Waals surface area contributed by atoms with Crippen molar-refractivity contribution >= 4 is 29.1 Å². The van der Waals surface area contributed by atoms with Crippen LogP contribution in [0.4, 0.5) is 0 Å². The molecule has 1 N–H and O–H groups in total. The fourth-order valence-electron chi connectivity index (χ4n) is 4.12. The highest BCUT2D eigenvalue weighted by Crippen LogP contribution is 2.24. The molecule has 3 heterocycles. The molecule has 3 aromatic rings. The third kappa shape index (κ3) is 5.44. The van der Waals surface area contributed by atoms with Crippen LogP contribution in [0.5, 0.6) is 0 Å². The molecule has 0 aliphatic carbocycles. The van der Waals surface area contributed by atoms with Gasteiger partial charge in [0.2, 0.25) is 0 Å². The van der Waals surface area contributed by atoms with Crippen molar-refractivity contribution < 1.29 is 9.59 Å². The van der Waals surface area contributed by atoms with E-state index in [0.717, 1.165) is 50.8 Å². The Hall–Kier alpha value is -2.86. The number of carbonyl (C=O) groups excluding carboxylic acids is 2. The van der Waals surface area contributed by atoms with Crippen molar-refractivity contribution in [2.75, 3.05) is 19.6 Å². The molecule has 1 aliphatic rings. The summed E-state index contributed by atoms with van der Waals surface area (Å²) in [5.74, 6) is 0.685. The van der Waals surface area contributed by atoms with Gasteiger partial charge in [0.05, 0.1) is 5.56 Å². The Morgan fingerprint density at radius 2 is 1.77 bits per heavy atom. The number of piperidine rings is 1. The van der Waals surface area contributed by atoms with Gasteiger partial charge in [-0.25, -0.2) is 4.98 Å². The highest BCUT2D eigenvalue weighted by molar-refractivity contribution is 6.30. The van der Waals surface area contributed by atoms with Gasteiger partial charge in [-0.05, 0) is 61.6 Å². The van der Waals surface area contributed by atoms with Gasteiger partial charge in [0.25, 0.3) is 11.8 Å². The van der Waals surface area contributed by atoms with E-state index in [1.54, 1.807) is 42.7 Å². The van der Waals surface area contributed by atoms with Crippen LogP contribution in [0.1, 0.15) is 52.8 Å². The highest BCUT2D eigenvalue weighted by Gasteiger charge is 2.23. The minimum atomic E-state index is -0.0513. The number of rotatable bonds is 7. The average Bonchev–Trinajstić information content (AvgIpc) is 3.27. The number of hydrogen-bond acceptors (Lipinski definition) is 3. The van der Waals surface area contributed by atoms with E-state index in [2.05, 4.69) is 10.3 Å². The first-order valence-corrected chi connectivity index (χ1v) is 11.2. The van der Waals surface area contributed by atoms with Gasteiger partial charge in [-0.15, -0.1) is 0 Å². The minimum Gasteiger partial charge on any atom is -0.352 e. The van der Waals surface area contributed by atoms with Crippen LogP contribution in [0, 0.1) is 5.92 Å². The topological polar surface area (TPSA) is 66.7 Å². The number of benzene rings is 1. The minimum absolute atomic E-state index is 0.0513.